The van der Waals surface area contributed by atoms with Gasteiger partial charge in [-0.15, -0.1) is 0 Å². The molecule has 1 aromatic rings. The van der Waals surface area contributed by atoms with Crippen LogP contribution in [0.5, 0.6) is 5.75 Å². The molecular formula is C9H12FNO2. The summed E-state index contributed by atoms with van der Waals surface area (Å²) in [4.78, 5) is 4.63. The molecule has 0 aromatic heterocycles. The van der Waals surface area contributed by atoms with Gasteiger partial charge in [-0.3, -0.25) is 4.84 Å². The highest BCUT2D eigenvalue weighted by molar-refractivity contribution is 5.36. The second kappa shape index (κ2) is 3.32. The Kier molecular flexibility index (Phi) is 2.54. The Morgan fingerprint density at radius 2 is 2.08 bits per heavy atom. The average molecular weight is 185 g/mol. The number of nitrogens with two attached hydrogens (primary N) is 1. The summed E-state index contributed by atoms with van der Waals surface area (Å²) in [6.07, 6.45) is 0. The predicted octanol–water partition coefficient (Wildman–Crippen LogP) is 1.66. The van der Waals surface area contributed by atoms with Gasteiger partial charge in [-0.1, -0.05) is 0 Å². The van der Waals surface area contributed by atoms with Crippen LogP contribution in [0.3, 0.4) is 0 Å². The second-order valence-electron chi connectivity index (χ2n) is 3.29. The van der Waals surface area contributed by atoms with Crippen molar-refractivity contribution in [1.82, 2.24) is 0 Å². The summed E-state index contributed by atoms with van der Waals surface area (Å²) in [7, 11) is 0. The van der Waals surface area contributed by atoms with Crippen molar-refractivity contribution in [3.05, 3.63) is 29.6 Å². The van der Waals surface area contributed by atoms with Crippen LogP contribution in [0.4, 0.5) is 4.39 Å². The fraction of sp³-hybridized carbons (Fsp3) is 0.333. The molecule has 0 amide bonds. The van der Waals surface area contributed by atoms with E-state index >= 15 is 0 Å². The van der Waals surface area contributed by atoms with Crippen molar-refractivity contribution in [2.45, 2.75) is 19.4 Å². The Balaban J connectivity index is 3.20. The topological polar surface area (TPSA) is 55.5 Å². The van der Waals surface area contributed by atoms with E-state index in [-0.39, 0.29) is 5.75 Å². The highest BCUT2D eigenvalue weighted by Gasteiger charge is 2.24. The van der Waals surface area contributed by atoms with E-state index in [2.05, 4.69) is 4.84 Å². The third-order valence-electron chi connectivity index (χ3n) is 1.90. The lowest BCUT2D eigenvalue weighted by atomic mass is 9.97. The predicted molar refractivity (Wildman–Crippen MR) is 46.4 cm³/mol. The van der Waals surface area contributed by atoms with Crippen LogP contribution in [-0.4, -0.2) is 5.11 Å². The SMILES string of the molecule is CC(C)(ON)c1cc(F)ccc1O. The summed E-state index contributed by atoms with van der Waals surface area (Å²) in [5.41, 5.74) is -0.568. The number of hydrogen-bond acceptors (Lipinski definition) is 3. The maximum atomic E-state index is 12.8. The Morgan fingerprint density at radius 3 is 2.62 bits per heavy atom. The van der Waals surface area contributed by atoms with Gasteiger partial charge in [0.2, 0.25) is 0 Å². The molecule has 0 aliphatic carbocycles. The largest absolute Gasteiger partial charge is 0.508 e. The van der Waals surface area contributed by atoms with E-state index in [4.69, 9.17) is 5.90 Å². The zero-order chi connectivity index (χ0) is 10.1. The number of benzene rings is 1. The van der Waals surface area contributed by atoms with Crippen molar-refractivity contribution < 1.29 is 14.3 Å². The van der Waals surface area contributed by atoms with Crippen LogP contribution >= 0.6 is 0 Å². The van der Waals surface area contributed by atoms with Crippen LogP contribution in [0.25, 0.3) is 0 Å². The van der Waals surface area contributed by atoms with Crippen molar-refractivity contribution in [2.75, 3.05) is 0 Å². The number of phenolic OH excluding ortho intramolecular Hbond substituents is 1. The summed E-state index contributed by atoms with van der Waals surface area (Å²) in [6, 6.07) is 3.64. The molecule has 13 heavy (non-hydrogen) atoms. The first-order valence-corrected chi connectivity index (χ1v) is 3.84. The van der Waals surface area contributed by atoms with Crippen LogP contribution in [-0.2, 0) is 10.4 Å². The second-order valence-corrected chi connectivity index (χ2v) is 3.29. The van der Waals surface area contributed by atoms with Gasteiger partial charge in [-0.25, -0.2) is 10.3 Å². The molecule has 0 spiro atoms. The van der Waals surface area contributed by atoms with Crippen LogP contribution in [0.2, 0.25) is 0 Å². The van der Waals surface area contributed by atoms with Gasteiger partial charge in [0.05, 0.1) is 0 Å². The molecule has 0 bridgehead atoms. The molecule has 0 saturated heterocycles. The maximum Gasteiger partial charge on any atom is 0.123 e. The summed E-state index contributed by atoms with van der Waals surface area (Å²) >= 11 is 0. The van der Waals surface area contributed by atoms with Crippen molar-refractivity contribution in [3.8, 4) is 5.75 Å². The molecule has 1 rings (SSSR count). The zero-order valence-corrected chi connectivity index (χ0v) is 7.54. The fourth-order valence-electron chi connectivity index (χ4n) is 1.05. The average Bonchev–Trinajstić information content (AvgIpc) is 2.09. The summed E-state index contributed by atoms with van der Waals surface area (Å²) < 4.78 is 12.8. The molecule has 0 aliphatic heterocycles. The van der Waals surface area contributed by atoms with E-state index in [1.165, 1.54) is 18.2 Å². The van der Waals surface area contributed by atoms with E-state index in [1.807, 2.05) is 0 Å². The van der Waals surface area contributed by atoms with Crippen LogP contribution in [0, 0.1) is 5.82 Å². The molecule has 0 heterocycles. The van der Waals surface area contributed by atoms with Gasteiger partial charge < -0.3 is 5.11 Å². The molecule has 0 unspecified atom stereocenters. The lowest BCUT2D eigenvalue weighted by molar-refractivity contribution is -0.0252. The normalized spacial score (nSPS) is 11.7. The highest BCUT2D eigenvalue weighted by Crippen LogP contribution is 2.31. The van der Waals surface area contributed by atoms with E-state index in [9.17, 15) is 9.50 Å². The number of phenols is 1. The maximum absolute atomic E-state index is 12.8. The summed E-state index contributed by atoms with van der Waals surface area (Å²) in [5, 5.41) is 9.40. The molecule has 0 radical (unpaired) electrons. The zero-order valence-electron chi connectivity index (χ0n) is 7.54. The minimum atomic E-state index is -0.897. The van der Waals surface area contributed by atoms with Gasteiger partial charge in [0.25, 0.3) is 0 Å². The number of halogens is 1. The molecule has 4 heteroatoms. The van der Waals surface area contributed by atoms with Crippen molar-refractivity contribution in [3.63, 3.8) is 0 Å². The van der Waals surface area contributed by atoms with E-state index in [1.54, 1.807) is 13.8 Å². The van der Waals surface area contributed by atoms with E-state index in [0.29, 0.717) is 5.56 Å². The van der Waals surface area contributed by atoms with E-state index < -0.39 is 11.4 Å². The lowest BCUT2D eigenvalue weighted by Gasteiger charge is -2.23. The molecule has 3 N–H and O–H groups in total. The Labute approximate surface area is 75.9 Å². The number of rotatable bonds is 2. The monoisotopic (exact) mass is 185 g/mol. The first-order chi connectivity index (χ1) is 5.97. The standard InChI is InChI=1S/C9H12FNO2/c1-9(2,13-11)7-5-6(10)3-4-8(7)12/h3-5,12H,11H2,1-2H3. The van der Waals surface area contributed by atoms with Gasteiger partial charge in [0.15, 0.2) is 0 Å². The first-order valence-electron chi connectivity index (χ1n) is 3.84. The van der Waals surface area contributed by atoms with E-state index in [0.717, 1.165) is 0 Å². The van der Waals surface area contributed by atoms with Gasteiger partial charge >= 0.3 is 0 Å². The van der Waals surface area contributed by atoms with Gasteiger partial charge in [0.1, 0.15) is 17.2 Å². The number of hydrogen-bond donors (Lipinski definition) is 2. The Hall–Kier alpha value is -1.13. The van der Waals surface area contributed by atoms with Crippen molar-refractivity contribution >= 4 is 0 Å². The van der Waals surface area contributed by atoms with Gasteiger partial charge in [-0.2, -0.15) is 0 Å². The molecule has 72 valence electrons. The Bertz CT molecular complexity index is 312. The van der Waals surface area contributed by atoms with Crippen molar-refractivity contribution in [1.29, 1.82) is 0 Å². The van der Waals surface area contributed by atoms with Gasteiger partial charge in [0, 0.05) is 5.56 Å². The van der Waals surface area contributed by atoms with Crippen LogP contribution in [0.15, 0.2) is 18.2 Å². The molecule has 0 saturated carbocycles. The molecule has 0 aliphatic rings. The smallest absolute Gasteiger partial charge is 0.123 e. The summed E-state index contributed by atoms with van der Waals surface area (Å²) in [5.74, 6) is 4.56. The quantitative estimate of drug-likeness (QED) is 0.689. The van der Waals surface area contributed by atoms with Gasteiger partial charge in [-0.05, 0) is 32.0 Å². The fourth-order valence-corrected chi connectivity index (χ4v) is 1.05. The minimum Gasteiger partial charge on any atom is -0.508 e. The third-order valence-corrected chi connectivity index (χ3v) is 1.90. The first kappa shape index (κ1) is 9.95. The highest BCUT2D eigenvalue weighted by atomic mass is 19.1. The minimum absolute atomic E-state index is 0.0307. The molecule has 0 fully saturated rings. The summed E-state index contributed by atoms with van der Waals surface area (Å²) in [6.45, 7) is 3.28. The number of aromatic hydroxyl groups is 1. The third kappa shape index (κ3) is 1.96. The van der Waals surface area contributed by atoms with Crippen LogP contribution in [0.1, 0.15) is 19.4 Å². The van der Waals surface area contributed by atoms with Crippen LogP contribution < -0.4 is 5.90 Å². The Morgan fingerprint density at radius 1 is 1.46 bits per heavy atom. The molecule has 0 atom stereocenters. The molecule has 1 aromatic carbocycles. The lowest BCUT2D eigenvalue weighted by Crippen LogP contribution is -2.25. The van der Waals surface area contributed by atoms with Crippen molar-refractivity contribution in [2.24, 2.45) is 5.90 Å². The molecule has 3 nitrogen and oxygen atoms in total. The molecular weight excluding hydrogens is 173 g/mol.